The average Bonchev–Trinajstić information content (AvgIpc) is 2.69. The average molecular weight is 418 g/mol. The van der Waals surface area contributed by atoms with Gasteiger partial charge in [-0.2, -0.15) is 23.0 Å². The molecule has 4 N–H and O–H groups in total. The number of nitrogens with one attached hydrogen (secondary N) is 1. The van der Waals surface area contributed by atoms with Gasteiger partial charge >= 0.3 is 11.7 Å². The lowest BCUT2D eigenvalue weighted by molar-refractivity contribution is -0.137. The predicted octanol–water partition coefficient (Wildman–Crippen LogP) is 3.03. The van der Waals surface area contributed by atoms with Crippen molar-refractivity contribution in [2.24, 2.45) is 0 Å². The summed E-state index contributed by atoms with van der Waals surface area (Å²) in [5, 5.41) is 16.4. The van der Waals surface area contributed by atoms with Gasteiger partial charge in [0.25, 0.3) is 5.91 Å². The summed E-state index contributed by atoms with van der Waals surface area (Å²) >= 11 is 0. The molecule has 0 spiro atoms. The van der Waals surface area contributed by atoms with Crippen LogP contribution in [-0.4, -0.2) is 20.8 Å². The maximum Gasteiger partial charge on any atom is 0.416 e. The number of para-hydroxylation sites is 1. The van der Waals surface area contributed by atoms with Crippen molar-refractivity contribution in [2.75, 3.05) is 5.73 Å². The third-order valence-electron chi connectivity index (χ3n) is 4.28. The molecular weight excluding hydrogens is 401 g/mol. The molecule has 0 saturated heterocycles. The van der Waals surface area contributed by atoms with Crippen LogP contribution in [0.5, 0.6) is 5.75 Å². The van der Waals surface area contributed by atoms with Crippen molar-refractivity contribution in [1.29, 1.82) is 0 Å². The van der Waals surface area contributed by atoms with E-state index in [4.69, 9.17) is 5.73 Å². The van der Waals surface area contributed by atoms with E-state index in [1.807, 2.05) is 0 Å². The van der Waals surface area contributed by atoms with Crippen LogP contribution in [0.3, 0.4) is 0 Å². The number of amides is 1. The highest BCUT2D eigenvalue weighted by atomic mass is 19.4. The van der Waals surface area contributed by atoms with E-state index >= 15 is 0 Å². The van der Waals surface area contributed by atoms with Gasteiger partial charge in [-0.15, -0.1) is 0 Å². The predicted molar refractivity (Wildman–Crippen MR) is 103 cm³/mol. The summed E-state index contributed by atoms with van der Waals surface area (Å²) in [6, 6.07) is 11.2. The highest BCUT2D eigenvalue weighted by molar-refractivity contribution is 5.92. The van der Waals surface area contributed by atoms with Gasteiger partial charge in [-0.05, 0) is 42.8 Å². The van der Waals surface area contributed by atoms with Crippen LogP contribution in [-0.2, 0) is 6.18 Å². The molecule has 0 unspecified atom stereocenters. The molecule has 3 aromatic rings. The van der Waals surface area contributed by atoms with Gasteiger partial charge in [-0.1, -0.05) is 18.2 Å². The number of alkyl halides is 3. The molecule has 2 aromatic carbocycles. The number of carbonyl (C=O) groups is 1. The SMILES string of the molecule is C[C@@H](NC(=O)c1cc(O)c(=O)n(-c2ccccc2)n1)c1cc(N)cc(C(F)(F)F)c1. The number of halogens is 3. The Labute approximate surface area is 168 Å². The van der Waals surface area contributed by atoms with Gasteiger partial charge in [0.1, 0.15) is 0 Å². The number of hydrogen-bond acceptors (Lipinski definition) is 5. The van der Waals surface area contributed by atoms with Crippen LogP contribution in [0.15, 0.2) is 59.4 Å². The van der Waals surface area contributed by atoms with Crippen LogP contribution in [0.1, 0.15) is 34.6 Å². The van der Waals surface area contributed by atoms with Crippen molar-refractivity contribution in [3.05, 3.63) is 81.8 Å². The Morgan fingerprint density at radius 2 is 1.83 bits per heavy atom. The molecule has 0 aliphatic carbocycles. The Bertz CT molecular complexity index is 1140. The van der Waals surface area contributed by atoms with E-state index in [-0.39, 0.29) is 16.9 Å². The van der Waals surface area contributed by atoms with Crippen molar-refractivity contribution in [2.45, 2.75) is 19.1 Å². The van der Waals surface area contributed by atoms with E-state index in [9.17, 15) is 27.9 Å². The number of rotatable bonds is 4. The molecule has 1 aromatic heterocycles. The molecule has 0 radical (unpaired) electrons. The molecule has 7 nitrogen and oxygen atoms in total. The Morgan fingerprint density at radius 1 is 1.17 bits per heavy atom. The van der Waals surface area contributed by atoms with Crippen molar-refractivity contribution < 1.29 is 23.1 Å². The second-order valence-corrected chi connectivity index (χ2v) is 6.55. The summed E-state index contributed by atoms with van der Waals surface area (Å²) in [4.78, 5) is 24.7. The van der Waals surface area contributed by atoms with Crippen molar-refractivity contribution in [1.82, 2.24) is 15.1 Å². The monoisotopic (exact) mass is 418 g/mol. The van der Waals surface area contributed by atoms with Gasteiger partial charge < -0.3 is 16.2 Å². The number of aromatic hydroxyl groups is 1. The maximum absolute atomic E-state index is 13.0. The van der Waals surface area contributed by atoms with Crippen molar-refractivity contribution in [3.8, 4) is 11.4 Å². The molecular formula is C20H17F3N4O3. The Morgan fingerprint density at radius 3 is 2.47 bits per heavy atom. The first-order chi connectivity index (χ1) is 14.1. The smallest absolute Gasteiger partial charge is 0.416 e. The lowest BCUT2D eigenvalue weighted by Gasteiger charge is -2.17. The number of nitrogens with two attached hydrogens (primary N) is 1. The van der Waals surface area contributed by atoms with E-state index in [0.29, 0.717) is 5.69 Å². The van der Waals surface area contributed by atoms with E-state index < -0.39 is 35.0 Å². The summed E-state index contributed by atoms with van der Waals surface area (Å²) in [6.45, 7) is 1.47. The van der Waals surface area contributed by atoms with Gasteiger partial charge in [-0.25, -0.2) is 0 Å². The minimum Gasteiger partial charge on any atom is -0.503 e. The van der Waals surface area contributed by atoms with Crippen molar-refractivity contribution in [3.63, 3.8) is 0 Å². The highest BCUT2D eigenvalue weighted by Gasteiger charge is 2.31. The zero-order valence-corrected chi connectivity index (χ0v) is 15.6. The van der Waals surface area contributed by atoms with Gasteiger partial charge in [0.2, 0.25) is 0 Å². The first kappa shape index (κ1) is 20.9. The molecule has 1 amide bonds. The van der Waals surface area contributed by atoms with Crippen LogP contribution in [0, 0.1) is 0 Å². The van der Waals surface area contributed by atoms with Crippen LogP contribution < -0.4 is 16.6 Å². The van der Waals surface area contributed by atoms with E-state index in [1.54, 1.807) is 30.3 Å². The summed E-state index contributed by atoms with van der Waals surface area (Å²) in [7, 11) is 0. The zero-order valence-electron chi connectivity index (χ0n) is 15.6. The third kappa shape index (κ3) is 4.43. The standard InChI is InChI=1S/C20H17F3N4O3/c1-11(12-7-13(20(21,22)23)9-14(24)8-12)25-18(29)16-10-17(28)19(30)27(26-16)15-5-3-2-4-6-15/h2-11,28H,24H2,1H3,(H,25,29)/t11-/m1/s1. The molecule has 30 heavy (non-hydrogen) atoms. The Kier molecular flexibility index (Phi) is 5.50. The van der Waals surface area contributed by atoms with E-state index in [0.717, 1.165) is 22.9 Å². The first-order valence-corrected chi connectivity index (χ1v) is 8.73. The van der Waals surface area contributed by atoms with Crippen LogP contribution in [0.2, 0.25) is 0 Å². The maximum atomic E-state index is 13.0. The molecule has 0 saturated carbocycles. The second kappa shape index (κ2) is 7.90. The molecule has 0 aliphatic rings. The molecule has 10 heteroatoms. The molecule has 1 heterocycles. The molecule has 156 valence electrons. The van der Waals surface area contributed by atoms with Gasteiger partial charge in [0.05, 0.1) is 17.3 Å². The topological polar surface area (TPSA) is 110 Å². The van der Waals surface area contributed by atoms with E-state index in [2.05, 4.69) is 10.4 Å². The van der Waals surface area contributed by atoms with E-state index in [1.165, 1.54) is 13.0 Å². The number of nitrogen functional groups attached to an aromatic ring is 1. The van der Waals surface area contributed by atoms with Crippen LogP contribution in [0.4, 0.5) is 18.9 Å². The summed E-state index contributed by atoms with van der Waals surface area (Å²) in [5.74, 6) is -1.49. The second-order valence-electron chi connectivity index (χ2n) is 6.55. The minimum atomic E-state index is -4.59. The molecule has 0 fully saturated rings. The number of hydrogen-bond donors (Lipinski definition) is 3. The summed E-state index contributed by atoms with van der Waals surface area (Å²) < 4.78 is 39.9. The third-order valence-corrected chi connectivity index (χ3v) is 4.28. The van der Waals surface area contributed by atoms with Crippen molar-refractivity contribution >= 4 is 11.6 Å². The lowest BCUT2D eigenvalue weighted by Crippen LogP contribution is -2.31. The first-order valence-electron chi connectivity index (χ1n) is 8.73. The van der Waals surface area contributed by atoms with Gasteiger partial charge in [0.15, 0.2) is 11.4 Å². The van der Waals surface area contributed by atoms with Gasteiger partial charge in [0, 0.05) is 11.8 Å². The fourth-order valence-corrected chi connectivity index (χ4v) is 2.78. The number of anilines is 1. The Hall–Kier alpha value is -3.82. The summed E-state index contributed by atoms with van der Waals surface area (Å²) in [5.41, 5.74) is 3.87. The molecule has 3 rings (SSSR count). The largest absolute Gasteiger partial charge is 0.503 e. The fourth-order valence-electron chi connectivity index (χ4n) is 2.78. The van der Waals surface area contributed by atoms with Gasteiger partial charge in [-0.3, -0.25) is 9.59 Å². The summed E-state index contributed by atoms with van der Waals surface area (Å²) in [6.07, 6.45) is -4.59. The normalized spacial score (nSPS) is 12.4. The number of benzene rings is 2. The molecule has 0 bridgehead atoms. The Balaban J connectivity index is 1.91. The quantitative estimate of drug-likeness (QED) is 0.564. The molecule has 0 aliphatic heterocycles. The fraction of sp³-hybridized carbons (Fsp3) is 0.150. The zero-order chi connectivity index (χ0) is 22.1. The lowest BCUT2D eigenvalue weighted by atomic mass is 10.0. The number of nitrogens with zero attached hydrogens (tertiary/aromatic N) is 2. The molecule has 1 atom stereocenters. The van der Waals surface area contributed by atoms with Crippen LogP contribution in [0.25, 0.3) is 5.69 Å². The number of carbonyl (C=O) groups excluding carboxylic acids is 1. The highest BCUT2D eigenvalue weighted by Crippen LogP contribution is 2.32. The number of aromatic nitrogens is 2. The van der Waals surface area contributed by atoms with Crippen LogP contribution >= 0.6 is 0 Å². The minimum absolute atomic E-state index is 0.102.